The van der Waals surface area contributed by atoms with Crippen LogP contribution in [0.1, 0.15) is 20.3 Å². The summed E-state index contributed by atoms with van der Waals surface area (Å²) >= 11 is 0. The van der Waals surface area contributed by atoms with Crippen molar-refractivity contribution in [2.45, 2.75) is 26.8 Å². The molecule has 0 atom stereocenters. The quantitative estimate of drug-likeness (QED) is 0.758. The molecular formula is C10H14N2O4. The molecule has 2 N–H and O–H groups in total. The lowest BCUT2D eigenvalue weighted by Gasteiger charge is -2.18. The summed E-state index contributed by atoms with van der Waals surface area (Å²) in [4.78, 5) is 33.1. The van der Waals surface area contributed by atoms with Gasteiger partial charge in [0.2, 0.25) is 0 Å². The van der Waals surface area contributed by atoms with E-state index < -0.39 is 11.4 Å². The lowest BCUT2D eigenvalue weighted by molar-refractivity contribution is -0.147. The molecule has 1 aromatic rings. The first-order valence-corrected chi connectivity index (χ1v) is 4.86. The van der Waals surface area contributed by atoms with Crippen LogP contribution in [0.15, 0.2) is 21.7 Å². The van der Waals surface area contributed by atoms with E-state index >= 15 is 0 Å². The molecule has 1 rings (SSSR count). The Balaban J connectivity index is 2.83. The van der Waals surface area contributed by atoms with Crippen molar-refractivity contribution in [2.75, 3.05) is 0 Å². The zero-order valence-corrected chi connectivity index (χ0v) is 9.19. The summed E-state index contributed by atoms with van der Waals surface area (Å²) in [6, 6.07) is 2.30. The number of aliphatic carboxylic acids is 1. The predicted octanol–water partition coefficient (Wildman–Crippen LogP) is 0.0375. The highest BCUT2D eigenvalue weighted by Gasteiger charge is 2.26. The standard InChI is InChI=1S/C10H14N2O4/c1-10(2,9(15)16)5-6-12-8(14)4-3-7(13)11-12/h3-4H,5-6H2,1-2H3,(H,11,13)(H,15,16). The molecule has 1 heterocycles. The number of aromatic nitrogens is 2. The number of carboxylic acid groups (broad SMARTS) is 1. The third-order valence-corrected chi connectivity index (χ3v) is 2.43. The average Bonchev–Trinajstić information content (AvgIpc) is 2.19. The molecular weight excluding hydrogens is 212 g/mol. The molecule has 0 saturated heterocycles. The highest BCUT2D eigenvalue weighted by molar-refractivity contribution is 5.73. The van der Waals surface area contributed by atoms with Crippen LogP contribution in [0.3, 0.4) is 0 Å². The Morgan fingerprint density at radius 2 is 2.06 bits per heavy atom. The van der Waals surface area contributed by atoms with Crippen molar-refractivity contribution < 1.29 is 9.90 Å². The Bertz CT molecular complexity index is 498. The van der Waals surface area contributed by atoms with Gasteiger partial charge in [-0.3, -0.25) is 24.2 Å². The Kier molecular flexibility index (Phi) is 3.31. The maximum Gasteiger partial charge on any atom is 0.309 e. The summed E-state index contributed by atoms with van der Waals surface area (Å²) in [7, 11) is 0. The second-order valence-electron chi connectivity index (χ2n) is 4.24. The molecule has 0 aliphatic heterocycles. The van der Waals surface area contributed by atoms with Crippen LogP contribution >= 0.6 is 0 Å². The molecule has 1 aromatic heterocycles. The molecule has 0 unspecified atom stereocenters. The van der Waals surface area contributed by atoms with Crippen molar-refractivity contribution >= 4 is 5.97 Å². The SMILES string of the molecule is CC(C)(CCn1[nH]c(=O)ccc1=O)C(=O)O. The average molecular weight is 226 g/mol. The minimum Gasteiger partial charge on any atom is -0.481 e. The molecule has 0 aromatic carbocycles. The molecule has 0 spiro atoms. The third-order valence-electron chi connectivity index (χ3n) is 2.43. The van der Waals surface area contributed by atoms with Gasteiger partial charge in [-0.1, -0.05) is 0 Å². The van der Waals surface area contributed by atoms with Gasteiger partial charge in [-0.25, -0.2) is 0 Å². The van der Waals surface area contributed by atoms with E-state index in [0.717, 1.165) is 16.8 Å². The first-order chi connectivity index (χ1) is 7.33. The van der Waals surface area contributed by atoms with Crippen LogP contribution in [-0.2, 0) is 11.3 Å². The topological polar surface area (TPSA) is 92.2 Å². The summed E-state index contributed by atoms with van der Waals surface area (Å²) in [6.07, 6.45) is 0.266. The van der Waals surface area contributed by atoms with Crippen LogP contribution in [0.25, 0.3) is 0 Å². The van der Waals surface area contributed by atoms with Crippen molar-refractivity contribution in [3.63, 3.8) is 0 Å². The van der Waals surface area contributed by atoms with Crippen LogP contribution in [-0.4, -0.2) is 20.9 Å². The van der Waals surface area contributed by atoms with E-state index in [1.165, 1.54) is 0 Å². The first-order valence-electron chi connectivity index (χ1n) is 4.86. The molecule has 0 fully saturated rings. The van der Waals surface area contributed by atoms with Crippen LogP contribution in [0.2, 0.25) is 0 Å². The molecule has 0 bridgehead atoms. The van der Waals surface area contributed by atoms with Gasteiger partial charge >= 0.3 is 5.97 Å². The normalized spacial score (nSPS) is 11.4. The highest BCUT2D eigenvalue weighted by Crippen LogP contribution is 2.20. The Labute approximate surface area is 91.5 Å². The molecule has 16 heavy (non-hydrogen) atoms. The fourth-order valence-electron chi connectivity index (χ4n) is 1.13. The second-order valence-corrected chi connectivity index (χ2v) is 4.24. The summed E-state index contributed by atoms with van der Waals surface area (Å²) in [5, 5.41) is 11.2. The van der Waals surface area contributed by atoms with Gasteiger partial charge in [0.05, 0.1) is 5.41 Å². The van der Waals surface area contributed by atoms with Crippen molar-refractivity contribution in [3.8, 4) is 0 Å². The zero-order chi connectivity index (χ0) is 12.3. The number of hydrogen-bond acceptors (Lipinski definition) is 3. The monoisotopic (exact) mass is 226 g/mol. The number of hydrogen-bond donors (Lipinski definition) is 2. The van der Waals surface area contributed by atoms with E-state index in [9.17, 15) is 14.4 Å². The summed E-state index contributed by atoms with van der Waals surface area (Å²) < 4.78 is 1.12. The van der Waals surface area contributed by atoms with E-state index in [1.807, 2.05) is 0 Å². The van der Waals surface area contributed by atoms with Crippen LogP contribution in [0.5, 0.6) is 0 Å². The number of aromatic amines is 1. The molecule has 0 aliphatic carbocycles. The smallest absolute Gasteiger partial charge is 0.309 e. The van der Waals surface area contributed by atoms with Gasteiger partial charge in [0.1, 0.15) is 0 Å². The lowest BCUT2D eigenvalue weighted by Crippen LogP contribution is -2.32. The van der Waals surface area contributed by atoms with E-state index in [4.69, 9.17) is 5.11 Å². The molecule has 0 aliphatic rings. The molecule has 0 radical (unpaired) electrons. The number of rotatable bonds is 4. The lowest BCUT2D eigenvalue weighted by atomic mass is 9.90. The first kappa shape index (κ1) is 12.2. The van der Waals surface area contributed by atoms with Gasteiger partial charge in [-0.2, -0.15) is 0 Å². The van der Waals surface area contributed by atoms with E-state index in [0.29, 0.717) is 0 Å². The van der Waals surface area contributed by atoms with Gasteiger partial charge in [-0.15, -0.1) is 0 Å². The minimum atomic E-state index is -0.932. The van der Waals surface area contributed by atoms with E-state index in [1.54, 1.807) is 13.8 Å². The van der Waals surface area contributed by atoms with Crippen molar-refractivity contribution in [1.29, 1.82) is 0 Å². The maximum absolute atomic E-state index is 11.3. The van der Waals surface area contributed by atoms with Gasteiger partial charge < -0.3 is 5.11 Å². The molecule has 0 saturated carbocycles. The molecule has 6 heteroatoms. The minimum absolute atomic E-state index is 0.175. The Morgan fingerprint density at radius 1 is 1.44 bits per heavy atom. The Morgan fingerprint density at radius 3 is 2.62 bits per heavy atom. The van der Waals surface area contributed by atoms with Gasteiger partial charge in [-0.05, 0) is 20.3 Å². The predicted molar refractivity (Wildman–Crippen MR) is 57.4 cm³/mol. The molecule has 6 nitrogen and oxygen atoms in total. The largest absolute Gasteiger partial charge is 0.481 e. The van der Waals surface area contributed by atoms with Gasteiger partial charge in [0.25, 0.3) is 11.1 Å². The van der Waals surface area contributed by atoms with E-state index in [2.05, 4.69) is 5.10 Å². The van der Waals surface area contributed by atoms with Crippen molar-refractivity contribution in [2.24, 2.45) is 5.41 Å². The number of nitrogens with one attached hydrogen (secondary N) is 1. The fraction of sp³-hybridized carbons (Fsp3) is 0.500. The van der Waals surface area contributed by atoms with Gasteiger partial charge in [0, 0.05) is 18.7 Å². The number of carbonyl (C=O) groups is 1. The fourth-order valence-corrected chi connectivity index (χ4v) is 1.13. The number of H-pyrrole nitrogens is 1. The molecule has 88 valence electrons. The highest BCUT2D eigenvalue weighted by atomic mass is 16.4. The summed E-state index contributed by atoms with van der Waals surface area (Å²) in [5.74, 6) is -0.932. The maximum atomic E-state index is 11.3. The third kappa shape index (κ3) is 2.82. The van der Waals surface area contributed by atoms with Crippen molar-refractivity contribution in [3.05, 3.63) is 32.8 Å². The number of aryl methyl sites for hydroxylation is 1. The van der Waals surface area contributed by atoms with E-state index in [-0.39, 0.29) is 24.1 Å². The van der Waals surface area contributed by atoms with Crippen LogP contribution < -0.4 is 11.1 Å². The zero-order valence-electron chi connectivity index (χ0n) is 9.19. The van der Waals surface area contributed by atoms with Crippen LogP contribution in [0.4, 0.5) is 0 Å². The van der Waals surface area contributed by atoms with Crippen molar-refractivity contribution in [1.82, 2.24) is 9.78 Å². The van der Waals surface area contributed by atoms with Gasteiger partial charge in [0.15, 0.2) is 0 Å². The number of carboxylic acids is 1. The summed E-state index contributed by atoms with van der Waals surface area (Å²) in [5.41, 5.74) is -1.65. The molecule has 0 amide bonds. The number of nitrogens with zero attached hydrogens (tertiary/aromatic N) is 1. The summed E-state index contributed by atoms with van der Waals surface area (Å²) in [6.45, 7) is 3.32. The second kappa shape index (κ2) is 4.34. The Hall–Kier alpha value is -1.85. The van der Waals surface area contributed by atoms with Crippen LogP contribution in [0, 0.1) is 5.41 Å².